The Morgan fingerprint density at radius 3 is 0.805 bits per heavy atom. The minimum atomic E-state index is -0.779. The molecule has 1 unspecified atom stereocenters. The first kappa shape index (κ1) is 73.1. The number of unbranched alkanes of at least 4 members (excludes halogenated alkanes) is 29. The molecule has 0 rings (SSSR count). The Kier molecular flexibility index (Phi) is 61.3. The molecule has 6 nitrogen and oxygen atoms in total. The van der Waals surface area contributed by atoms with Crippen LogP contribution >= 0.6 is 0 Å². The number of carbonyl (C=O) groups is 3. The van der Waals surface area contributed by atoms with E-state index < -0.39 is 6.10 Å². The van der Waals surface area contributed by atoms with E-state index in [1.807, 2.05) is 0 Å². The Morgan fingerprint density at radius 2 is 0.506 bits per heavy atom. The van der Waals surface area contributed by atoms with E-state index in [4.69, 9.17) is 14.2 Å². The molecule has 1 atom stereocenters. The maximum absolute atomic E-state index is 12.8. The third kappa shape index (κ3) is 62.8. The molecule has 0 aromatic rings. The molecule has 440 valence electrons. The quantitative estimate of drug-likeness (QED) is 0.0261. The molecule has 0 heterocycles. The number of esters is 3. The summed E-state index contributed by atoms with van der Waals surface area (Å²) in [4.78, 5) is 38.0. The number of hydrogen-bond donors (Lipinski definition) is 0. The van der Waals surface area contributed by atoms with Crippen molar-refractivity contribution in [3.8, 4) is 0 Å². The largest absolute Gasteiger partial charge is 0.462 e. The zero-order valence-corrected chi connectivity index (χ0v) is 50.4. The molecule has 0 bridgehead atoms. The van der Waals surface area contributed by atoms with E-state index >= 15 is 0 Å². The molecule has 77 heavy (non-hydrogen) atoms. The number of hydrogen-bond acceptors (Lipinski definition) is 6. The van der Waals surface area contributed by atoms with Gasteiger partial charge in [-0.25, -0.2) is 0 Å². The lowest BCUT2D eigenvalue weighted by Crippen LogP contribution is -2.30. The number of carbonyl (C=O) groups excluding carboxylic acids is 3. The van der Waals surface area contributed by atoms with Gasteiger partial charge in [-0.2, -0.15) is 0 Å². The van der Waals surface area contributed by atoms with Gasteiger partial charge in [-0.3, -0.25) is 14.4 Å². The van der Waals surface area contributed by atoms with Crippen LogP contribution in [-0.2, 0) is 28.6 Å². The molecule has 0 fully saturated rings. The van der Waals surface area contributed by atoms with Crippen LogP contribution in [-0.4, -0.2) is 37.2 Å². The van der Waals surface area contributed by atoms with Crippen molar-refractivity contribution in [2.24, 2.45) is 0 Å². The molecule has 6 heteroatoms. The summed E-state index contributed by atoms with van der Waals surface area (Å²) in [6, 6.07) is 0. The molecule has 0 aromatic carbocycles. The third-order valence-electron chi connectivity index (χ3n) is 13.8. The first-order chi connectivity index (χ1) is 38.0. The van der Waals surface area contributed by atoms with Gasteiger partial charge in [0.25, 0.3) is 0 Å². The summed E-state index contributed by atoms with van der Waals surface area (Å²) in [5.74, 6) is -0.888. The van der Waals surface area contributed by atoms with Gasteiger partial charge in [0.1, 0.15) is 13.2 Å². The Bertz CT molecular complexity index is 1560. The van der Waals surface area contributed by atoms with Gasteiger partial charge in [-0.1, -0.05) is 284 Å². The Balaban J connectivity index is 4.09. The van der Waals surface area contributed by atoms with Gasteiger partial charge in [0.15, 0.2) is 6.10 Å². The summed E-state index contributed by atoms with van der Waals surface area (Å²) in [5, 5.41) is 0. The summed E-state index contributed by atoms with van der Waals surface area (Å²) < 4.78 is 16.8. The van der Waals surface area contributed by atoms with Crippen LogP contribution in [0.1, 0.15) is 303 Å². The number of ether oxygens (including phenoxy) is 3. The zero-order chi connectivity index (χ0) is 55.7. The highest BCUT2D eigenvalue weighted by Gasteiger charge is 2.19. The molecule has 0 aliphatic carbocycles. The molecular formula is C71H120O6. The molecule has 0 saturated carbocycles. The monoisotopic (exact) mass is 1070 g/mol. The van der Waals surface area contributed by atoms with Crippen molar-refractivity contribution < 1.29 is 28.6 Å². The highest BCUT2D eigenvalue weighted by atomic mass is 16.6. The van der Waals surface area contributed by atoms with Crippen molar-refractivity contribution in [1.29, 1.82) is 0 Å². The minimum absolute atomic E-state index is 0.0786. The summed E-state index contributed by atoms with van der Waals surface area (Å²) in [5.41, 5.74) is 0. The SMILES string of the molecule is CC/C=C\C/C=C\C/C=C\C/C=C\C/C=C\C/C=C\C/C=C\C/C=C\CCCCCCCCCCCCC(=O)OCC(COC(=O)CCCCCCCCC)OC(=O)CCCCCCCCC/C=C\CCCCCCCC. The molecule has 0 N–H and O–H groups in total. The minimum Gasteiger partial charge on any atom is -0.462 e. The second kappa shape index (κ2) is 64.6. The molecule has 0 saturated heterocycles. The van der Waals surface area contributed by atoms with Gasteiger partial charge in [0.05, 0.1) is 0 Å². The van der Waals surface area contributed by atoms with Crippen molar-refractivity contribution in [3.63, 3.8) is 0 Å². The van der Waals surface area contributed by atoms with Crippen molar-refractivity contribution in [2.75, 3.05) is 13.2 Å². The fourth-order valence-electron chi connectivity index (χ4n) is 8.92. The van der Waals surface area contributed by atoms with Crippen LogP contribution in [0.4, 0.5) is 0 Å². The average Bonchev–Trinajstić information content (AvgIpc) is 3.43. The first-order valence-corrected chi connectivity index (χ1v) is 32.4. The Labute approximate surface area is 476 Å². The van der Waals surface area contributed by atoms with Crippen molar-refractivity contribution >= 4 is 17.9 Å². The first-order valence-electron chi connectivity index (χ1n) is 32.4. The van der Waals surface area contributed by atoms with E-state index in [0.717, 1.165) is 109 Å². The lowest BCUT2D eigenvalue weighted by Gasteiger charge is -2.18. The maximum Gasteiger partial charge on any atom is 0.306 e. The Hall–Kier alpha value is -3.93. The van der Waals surface area contributed by atoms with Crippen LogP contribution in [0.5, 0.6) is 0 Å². The molecule has 0 spiro atoms. The fourth-order valence-corrected chi connectivity index (χ4v) is 8.92. The van der Waals surface area contributed by atoms with Gasteiger partial charge in [0.2, 0.25) is 0 Å². The summed E-state index contributed by atoms with van der Waals surface area (Å²) in [6.07, 6.45) is 88.4. The lowest BCUT2D eigenvalue weighted by atomic mass is 10.1. The van der Waals surface area contributed by atoms with Crippen molar-refractivity contribution in [3.05, 3.63) is 109 Å². The second-order valence-electron chi connectivity index (χ2n) is 21.3. The average molecular weight is 1070 g/mol. The molecule has 0 aromatic heterocycles. The number of allylic oxidation sites excluding steroid dienone is 18. The smallest absolute Gasteiger partial charge is 0.306 e. The van der Waals surface area contributed by atoms with Gasteiger partial charge in [0, 0.05) is 19.3 Å². The summed E-state index contributed by atoms with van der Waals surface area (Å²) >= 11 is 0. The van der Waals surface area contributed by atoms with Crippen LogP contribution in [0.2, 0.25) is 0 Å². The predicted octanol–water partition coefficient (Wildman–Crippen LogP) is 22.2. The van der Waals surface area contributed by atoms with E-state index in [9.17, 15) is 14.4 Å². The van der Waals surface area contributed by atoms with Crippen molar-refractivity contribution in [1.82, 2.24) is 0 Å². The van der Waals surface area contributed by atoms with Crippen LogP contribution in [0.25, 0.3) is 0 Å². The maximum atomic E-state index is 12.8. The summed E-state index contributed by atoms with van der Waals surface area (Å²) in [7, 11) is 0. The van der Waals surface area contributed by atoms with E-state index in [1.165, 1.54) is 154 Å². The third-order valence-corrected chi connectivity index (χ3v) is 13.8. The molecule has 0 amide bonds. The second-order valence-corrected chi connectivity index (χ2v) is 21.3. The van der Waals surface area contributed by atoms with E-state index in [-0.39, 0.29) is 31.1 Å². The van der Waals surface area contributed by atoms with Gasteiger partial charge < -0.3 is 14.2 Å². The van der Waals surface area contributed by atoms with E-state index in [0.29, 0.717) is 19.3 Å². The topological polar surface area (TPSA) is 78.9 Å². The highest BCUT2D eigenvalue weighted by Crippen LogP contribution is 2.16. The highest BCUT2D eigenvalue weighted by molar-refractivity contribution is 5.71. The van der Waals surface area contributed by atoms with Gasteiger partial charge >= 0.3 is 17.9 Å². The molecule has 0 radical (unpaired) electrons. The predicted molar refractivity (Wildman–Crippen MR) is 334 cm³/mol. The lowest BCUT2D eigenvalue weighted by molar-refractivity contribution is -0.167. The van der Waals surface area contributed by atoms with Gasteiger partial charge in [-0.05, 0) is 109 Å². The van der Waals surface area contributed by atoms with E-state index in [2.05, 4.69) is 130 Å². The fraction of sp³-hybridized carbons (Fsp3) is 0.704. The molecule has 0 aliphatic rings. The normalized spacial score (nSPS) is 12.8. The summed E-state index contributed by atoms with van der Waals surface area (Å²) in [6.45, 7) is 6.49. The standard InChI is InChI=1S/C71H120O6/c1-4-7-10-13-16-18-20-22-24-26-27-28-29-30-31-32-33-34-35-36-37-38-39-40-41-42-43-45-46-48-50-52-55-58-61-64-70(73)76-67-68(66-75-69(72)63-60-57-54-15-12-9-6-3)77-71(74)65-62-59-56-53-51-49-47-44-25-23-21-19-17-14-11-8-5-2/h7,10,16,18,22-25,27-28,30-31,33-34,36-37,39-40,68H,4-6,8-9,11-15,17,19-21,26,29,32,35,38,41-67H2,1-3H3/b10-7-,18-16-,24-22-,25-23-,28-27-,31-30-,34-33-,37-36-,40-39-. The number of rotatable bonds is 58. The molecular weight excluding hydrogens is 949 g/mol. The van der Waals surface area contributed by atoms with Crippen LogP contribution in [0.15, 0.2) is 109 Å². The van der Waals surface area contributed by atoms with Crippen LogP contribution < -0.4 is 0 Å². The van der Waals surface area contributed by atoms with Crippen molar-refractivity contribution in [2.45, 2.75) is 309 Å². The van der Waals surface area contributed by atoms with E-state index in [1.54, 1.807) is 0 Å². The zero-order valence-electron chi connectivity index (χ0n) is 50.4. The van der Waals surface area contributed by atoms with Crippen LogP contribution in [0, 0.1) is 0 Å². The Morgan fingerprint density at radius 1 is 0.273 bits per heavy atom. The van der Waals surface area contributed by atoms with Crippen LogP contribution in [0.3, 0.4) is 0 Å². The van der Waals surface area contributed by atoms with Gasteiger partial charge in [-0.15, -0.1) is 0 Å². The molecule has 0 aliphatic heterocycles.